The average molecular weight is 233 g/mol. The second-order valence-electron chi connectivity index (χ2n) is 4.19. The van der Waals surface area contributed by atoms with Crippen molar-refractivity contribution in [3.8, 4) is 5.75 Å². The Morgan fingerprint density at radius 2 is 2.24 bits per heavy atom. The number of hydrogen-bond donors (Lipinski definition) is 1. The molecule has 0 atom stereocenters. The number of methoxy groups -OCH3 is 1. The molecule has 1 aliphatic heterocycles. The molecule has 0 spiro atoms. The summed E-state index contributed by atoms with van der Waals surface area (Å²) in [6.07, 6.45) is 3.29. The third kappa shape index (κ3) is 3.88. The van der Waals surface area contributed by atoms with Crippen LogP contribution in [0.5, 0.6) is 5.75 Å². The monoisotopic (exact) mass is 233 g/mol. The molecule has 0 saturated carbocycles. The second-order valence-corrected chi connectivity index (χ2v) is 4.19. The highest BCUT2D eigenvalue weighted by Crippen LogP contribution is 2.15. The van der Waals surface area contributed by atoms with Crippen molar-refractivity contribution < 1.29 is 9.47 Å². The summed E-state index contributed by atoms with van der Waals surface area (Å²) in [5.74, 6) is 0.916. The summed E-state index contributed by atoms with van der Waals surface area (Å²) in [7, 11) is 1.70. The van der Waals surface area contributed by atoms with Crippen LogP contribution in [0.1, 0.15) is 12.0 Å². The van der Waals surface area contributed by atoms with E-state index in [-0.39, 0.29) is 0 Å². The molecule has 0 aromatic heterocycles. The normalized spacial score (nSPS) is 15.5. The van der Waals surface area contributed by atoms with E-state index in [1.807, 2.05) is 24.3 Å². The van der Waals surface area contributed by atoms with Crippen LogP contribution in [0.3, 0.4) is 0 Å². The molecule has 2 rings (SSSR count). The van der Waals surface area contributed by atoms with Gasteiger partial charge in [-0.3, -0.25) is 0 Å². The van der Waals surface area contributed by atoms with Crippen LogP contribution >= 0.6 is 0 Å². The van der Waals surface area contributed by atoms with Gasteiger partial charge in [0.1, 0.15) is 12.4 Å². The van der Waals surface area contributed by atoms with Crippen LogP contribution in [-0.2, 0) is 11.3 Å². The molecule has 1 heterocycles. The van der Waals surface area contributed by atoms with Gasteiger partial charge in [-0.2, -0.15) is 0 Å². The molecule has 0 aliphatic carbocycles. The lowest BCUT2D eigenvalue weighted by atomic mass is 10.1. The lowest BCUT2D eigenvalue weighted by molar-refractivity contribution is 0.184. The zero-order valence-corrected chi connectivity index (χ0v) is 10.2. The van der Waals surface area contributed by atoms with Crippen LogP contribution in [0.15, 0.2) is 35.9 Å². The van der Waals surface area contributed by atoms with Crippen LogP contribution in [-0.4, -0.2) is 26.8 Å². The minimum Gasteiger partial charge on any atom is -0.489 e. The molecule has 3 nitrogen and oxygen atoms in total. The van der Waals surface area contributed by atoms with Crippen LogP contribution < -0.4 is 10.1 Å². The molecule has 3 heteroatoms. The molecule has 1 aromatic carbocycles. The molecular formula is C14H19NO2. The van der Waals surface area contributed by atoms with E-state index in [9.17, 15) is 0 Å². The predicted molar refractivity (Wildman–Crippen MR) is 68.2 cm³/mol. The maximum atomic E-state index is 5.78. The fourth-order valence-corrected chi connectivity index (χ4v) is 1.87. The lowest BCUT2D eigenvalue weighted by Crippen LogP contribution is -2.22. The van der Waals surface area contributed by atoms with E-state index in [2.05, 4.69) is 11.4 Å². The van der Waals surface area contributed by atoms with Crippen LogP contribution in [0, 0.1) is 0 Å². The Labute approximate surface area is 102 Å². The van der Waals surface area contributed by atoms with Crippen molar-refractivity contribution in [3.05, 3.63) is 41.5 Å². The Bertz CT molecular complexity index is 388. The molecule has 0 radical (unpaired) electrons. The summed E-state index contributed by atoms with van der Waals surface area (Å²) in [4.78, 5) is 0. The van der Waals surface area contributed by atoms with Gasteiger partial charge in [-0.25, -0.2) is 0 Å². The Morgan fingerprint density at radius 3 is 3.00 bits per heavy atom. The quantitative estimate of drug-likeness (QED) is 0.790. The van der Waals surface area contributed by atoms with E-state index in [4.69, 9.17) is 9.47 Å². The zero-order chi connectivity index (χ0) is 11.9. The van der Waals surface area contributed by atoms with E-state index in [0.29, 0.717) is 13.2 Å². The summed E-state index contributed by atoms with van der Waals surface area (Å²) in [5, 5.41) is 3.29. The van der Waals surface area contributed by atoms with Crippen LogP contribution in [0.25, 0.3) is 0 Å². The Hall–Kier alpha value is -1.32. The smallest absolute Gasteiger partial charge is 0.120 e. The number of nitrogens with one attached hydrogen (secondary N) is 1. The third-order valence-electron chi connectivity index (χ3n) is 2.79. The molecule has 0 saturated heterocycles. The first-order valence-corrected chi connectivity index (χ1v) is 5.98. The molecule has 1 aliphatic rings. The largest absolute Gasteiger partial charge is 0.489 e. The van der Waals surface area contributed by atoms with Gasteiger partial charge >= 0.3 is 0 Å². The fraction of sp³-hybridized carbons (Fsp3) is 0.429. The van der Waals surface area contributed by atoms with Gasteiger partial charge < -0.3 is 14.8 Å². The maximum absolute atomic E-state index is 5.78. The summed E-state index contributed by atoms with van der Waals surface area (Å²) in [5.41, 5.74) is 2.52. The van der Waals surface area contributed by atoms with Crippen LogP contribution in [0.4, 0.5) is 0 Å². The van der Waals surface area contributed by atoms with Crippen molar-refractivity contribution >= 4 is 0 Å². The second kappa shape index (κ2) is 6.42. The van der Waals surface area contributed by atoms with Crippen molar-refractivity contribution in [2.45, 2.75) is 13.0 Å². The van der Waals surface area contributed by atoms with Crippen molar-refractivity contribution in [3.63, 3.8) is 0 Å². The molecule has 0 fully saturated rings. The number of hydrogen-bond acceptors (Lipinski definition) is 3. The minimum absolute atomic E-state index is 0.629. The van der Waals surface area contributed by atoms with E-state index in [1.54, 1.807) is 7.11 Å². The Kier molecular flexibility index (Phi) is 4.59. The third-order valence-corrected chi connectivity index (χ3v) is 2.79. The average Bonchev–Trinajstić information content (AvgIpc) is 2.39. The summed E-state index contributed by atoms with van der Waals surface area (Å²) in [6, 6.07) is 8.06. The molecule has 0 amide bonds. The van der Waals surface area contributed by atoms with Gasteiger partial charge in [-0.05, 0) is 36.2 Å². The molecule has 1 N–H and O–H groups in total. The first kappa shape index (κ1) is 12.1. The highest BCUT2D eigenvalue weighted by Gasteiger charge is 2.04. The predicted octanol–water partition coefficient (Wildman–Crippen LogP) is 2.13. The fourth-order valence-electron chi connectivity index (χ4n) is 1.87. The number of benzene rings is 1. The Morgan fingerprint density at radius 1 is 1.29 bits per heavy atom. The molecule has 92 valence electrons. The first-order chi connectivity index (χ1) is 8.38. The van der Waals surface area contributed by atoms with E-state index in [1.165, 1.54) is 5.57 Å². The van der Waals surface area contributed by atoms with Crippen LogP contribution in [0.2, 0.25) is 0 Å². The maximum Gasteiger partial charge on any atom is 0.120 e. The van der Waals surface area contributed by atoms with Crippen molar-refractivity contribution in [1.82, 2.24) is 5.32 Å². The Balaban J connectivity index is 1.89. The van der Waals surface area contributed by atoms with Gasteiger partial charge in [-0.15, -0.1) is 0 Å². The summed E-state index contributed by atoms with van der Waals surface area (Å²) < 4.78 is 10.9. The summed E-state index contributed by atoms with van der Waals surface area (Å²) >= 11 is 0. The minimum atomic E-state index is 0.629. The van der Waals surface area contributed by atoms with Crippen molar-refractivity contribution in [2.75, 3.05) is 26.8 Å². The highest BCUT2D eigenvalue weighted by atomic mass is 16.5. The van der Waals surface area contributed by atoms with Crippen molar-refractivity contribution in [2.24, 2.45) is 0 Å². The molecular weight excluding hydrogens is 214 g/mol. The molecule has 1 aromatic rings. The molecule has 17 heavy (non-hydrogen) atoms. The van der Waals surface area contributed by atoms with Gasteiger partial charge in [0, 0.05) is 13.7 Å². The number of ether oxygens (including phenoxy) is 2. The van der Waals surface area contributed by atoms with E-state index < -0.39 is 0 Å². The summed E-state index contributed by atoms with van der Waals surface area (Å²) in [6.45, 7) is 3.34. The first-order valence-electron chi connectivity index (χ1n) is 5.98. The topological polar surface area (TPSA) is 30.5 Å². The van der Waals surface area contributed by atoms with Gasteiger partial charge in [0.05, 0.1) is 6.61 Å². The van der Waals surface area contributed by atoms with E-state index in [0.717, 1.165) is 30.8 Å². The van der Waals surface area contributed by atoms with Gasteiger partial charge in [0.15, 0.2) is 0 Å². The molecule has 0 bridgehead atoms. The SMILES string of the molecule is COCc1cccc(OCC2=CCNCC2)c1. The van der Waals surface area contributed by atoms with Crippen molar-refractivity contribution in [1.29, 1.82) is 0 Å². The molecule has 0 unspecified atom stereocenters. The zero-order valence-electron chi connectivity index (χ0n) is 10.2. The highest BCUT2D eigenvalue weighted by molar-refractivity contribution is 5.28. The van der Waals surface area contributed by atoms with Gasteiger partial charge in [0.25, 0.3) is 0 Å². The standard InChI is InChI=1S/C14H19NO2/c1-16-10-13-3-2-4-14(9-13)17-11-12-5-7-15-8-6-12/h2-5,9,15H,6-8,10-11H2,1H3. The van der Waals surface area contributed by atoms with E-state index >= 15 is 0 Å². The van der Waals surface area contributed by atoms with Gasteiger partial charge in [0.2, 0.25) is 0 Å². The van der Waals surface area contributed by atoms with Gasteiger partial charge in [-0.1, -0.05) is 18.2 Å². The lowest BCUT2D eigenvalue weighted by Gasteiger charge is -2.15. The number of rotatable bonds is 5.